The summed E-state index contributed by atoms with van der Waals surface area (Å²) in [5.41, 5.74) is 1.76. The van der Waals surface area contributed by atoms with Gasteiger partial charge in [-0.1, -0.05) is 48.5 Å². The molecular weight excluding hydrogens is 485 g/mol. The van der Waals surface area contributed by atoms with E-state index in [4.69, 9.17) is 4.74 Å². The first kappa shape index (κ1) is 25.2. The zero-order chi connectivity index (χ0) is 26.0. The molecule has 0 radical (unpaired) electrons. The maximum Gasteiger partial charge on any atom is 0.422 e. The Labute approximate surface area is 202 Å². The number of fused-ring (bicyclic) bond motifs is 3. The van der Waals surface area contributed by atoms with Gasteiger partial charge in [0.15, 0.2) is 0 Å². The normalized spacial score (nSPS) is 13.6. The topological polar surface area (TPSA) is 75.6 Å². The van der Waals surface area contributed by atoms with Crippen LogP contribution in [0.4, 0.5) is 26.7 Å². The average molecular weight is 505 g/mol. The Morgan fingerprint density at radius 3 is 1.97 bits per heavy atom. The van der Waals surface area contributed by atoms with Crippen LogP contribution in [-0.2, 0) is 22.1 Å². The van der Waals surface area contributed by atoms with E-state index in [0.717, 1.165) is 22.3 Å². The minimum atomic E-state index is -5.21. The van der Waals surface area contributed by atoms with Crippen LogP contribution in [0.1, 0.15) is 34.6 Å². The molecule has 0 spiro atoms. The maximum absolute atomic E-state index is 13.8. The number of alkyl carbamates (subject to hydrolysis) is 1. The summed E-state index contributed by atoms with van der Waals surface area (Å²) in [7, 11) is 0. The van der Waals surface area contributed by atoms with E-state index in [1.165, 1.54) is 0 Å². The summed E-state index contributed by atoms with van der Waals surface area (Å²) in [5, 5.41) is 11.6. The van der Waals surface area contributed by atoms with E-state index in [0.29, 0.717) is 12.1 Å². The first-order chi connectivity index (χ1) is 17.1. The molecule has 10 heteroatoms. The van der Waals surface area contributed by atoms with Gasteiger partial charge in [-0.3, -0.25) is 0 Å². The van der Waals surface area contributed by atoms with Crippen molar-refractivity contribution in [3.63, 3.8) is 0 Å². The predicted octanol–water partition coefficient (Wildman–Crippen LogP) is 5.91. The number of carboxylic acids is 1. The van der Waals surface area contributed by atoms with E-state index < -0.39 is 41.5 Å². The lowest BCUT2D eigenvalue weighted by atomic mass is 9.98. The van der Waals surface area contributed by atoms with Crippen molar-refractivity contribution in [2.45, 2.75) is 31.0 Å². The molecule has 36 heavy (non-hydrogen) atoms. The maximum atomic E-state index is 13.8. The number of aryl methyl sites for hydroxylation is 1. The number of aliphatic carboxylic acids is 1. The number of halogens is 5. The lowest BCUT2D eigenvalue weighted by Gasteiger charge is -2.18. The SMILES string of the molecule is O=C(NC(CCc1cc(F)c(C(F)(F)F)c(F)c1)C(=O)O)OCC1c2ccccc2-c2ccccc21. The van der Waals surface area contributed by atoms with E-state index in [1.807, 2.05) is 48.5 Å². The average Bonchev–Trinajstić information content (AvgIpc) is 3.12. The van der Waals surface area contributed by atoms with Crippen molar-refractivity contribution >= 4 is 12.1 Å². The molecule has 0 aliphatic heterocycles. The fraction of sp³-hybridized carbons (Fsp3) is 0.231. The van der Waals surface area contributed by atoms with Gasteiger partial charge in [0.05, 0.1) is 0 Å². The lowest BCUT2D eigenvalue weighted by molar-refractivity contribution is -0.142. The van der Waals surface area contributed by atoms with Gasteiger partial charge in [0.1, 0.15) is 29.8 Å². The first-order valence-electron chi connectivity index (χ1n) is 11.0. The number of hydrogen-bond donors (Lipinski definition) is 2. The molecule has 5 nitrogen and oxygen atoms in total. The van der Waals surface area contributed by atoms with Gasteiger partial charge in [0, 0.05) is 5.92 Å². The van der Waals surface area contributed by atoms with Crippen molar-refractivity contribution in [3.8, 4) is 11.1 Å². The fourth-order valence-electron chi connectivity index (χ4n) is 4.39. The molecule has 1 aliphatic carbocycles. The van der Waals surface area contributed by atoms with Crippen LogP contribution in [0.15, 0.2) is 60.7 Å². The molecule has 0 heterocycles. The van der Waals surface area contributed by atoms with Gasteiger partial charge < -0.3 is 15.2 Å². The lowest BCUT2D eigenvalue weighted by Crippen LogP contribution is -2.41. The Morgan fingerprint density at radius 2 is 1.47 bits per heavy atom. The summed E-state index contributed by atoms with van der Waals surface area (Å²) in [6.45, 7) is -0.0540. The number of rotatable bonds is 7. The zero-order valence-electron chi connectivity index (χ0n) is 18.6. The minimum Gasteiger partial charge on any atom is -0.480 e. The highest BCUT2D eigenvalue weighted by molar-refractivity contribution is 5.81. The molecule has 188 valence electrons. The van der Waals surface area contributed by atoms with Crippen LogP contribution >= 0.6 is 0 Å². The van der Waals surface area contributed by atoms with Crippen LogP contribution in [0.25, 0.3) is 11.1 Å². The molecule has 3 aromatic rings. The number of hydrogen-bond acceptors (Lipinski definition) is 3. The monoisotopic (exact) mass is 505 g/mol. The van der Waals surface area contributed by atoms with Crippen LogP contribution in [0.2, 0.25) is 0 Å². The van der Waals surface area contributed by atoms with Gasteiger partial charge >= 0.3 is 18.2 Å². The second-order valence-electron chi connectivity index (χ2n) is 8.33. The highest BCUT2D eigenvalue weighted by Gasteiger charge is 2.38. The Balaban J connectivity index is 1.39. The number of nitrogens with one attached hydrogen (secondary N) is 1. The largest absolute Gasteiger partial charge is 0.480 e. The summed E-state index contributed by atoms with van der Waals surface area (Å²) >= 11 is 0. The summed E-state index contributed by atoms with van der Waals surface area (Å²) in [6.07, 6.45) is -6.84. The van der Waals surface area contributed by atoms with Crippen LogP contribution < -0.4 is 5.32 Å². The molecule has 0 fully saturated rings. The molecule has 1 aliphatic rings. The van der Waals surface area contributed by atoms with Gasteiger partial charge in [-0.2, -0.15) is 13.2 Å². The first-order valence-corrected chi connectivity index (χ1v) is 11.0. The van der Waals surface area contributed by atoms with Crippen LogP contribution in [-0.4, -0.2) is 29.8 Å². The third-order valence-corrected chi connectivity index (χ3v) is 6.04. The zero-order valence-corrected chi connectivity index (χ0v) is 18.6. The summed E-state index contributed by atoms with van der Waals surface area (Å²) in [6, 6.07) is 14.8. The standard InChI is InChI=1S/C26H20F5NO4/c27-20-11-14(12-21(28)23(20)26(29,30)31)9-10-22(24(33)34)32-25(35)36-13-19-17-7-3-1-5-15(17)16-6-2-4-8-18(16)19/h1-8,11-12,19,22H,9-10,13H2,(H,32,35)(H,33,34). The number of carbonyl (C=O) groups is 2. The second kappa shape index (κ2) is 9.96. The number of alkyl halides is 3. The van der Waals surface area contributed by atoms with Crippen LogP contribution in [0, 0.1) is 11.6 Å². The Kier molecular flexibility index (Phi) is 6.96. The fourth-order valence-corrected chi connectivity index (χ4v) is 4.39. The molecule has 0 aromatic heterocycles. The third-order valence-electron chi connectivity index (χ3n) is 6.04. The van der Waals surface area contributed by atoms with Crippen LogP contribution in [0.5, 0.6) is 0 Å². The van der Waals surface area contributed by atoms with E-state index in [1.54, 1.807) is 0 Å². The minimum absolute atomic E-state index is 0.0540. The number of carboxylic acid groups (broad SMARTS) is 1. The predicted molar refractivity (Wildman–Crippen MR) is 119 cm³/mol. The molecule has 3 aromatic carbocycles. The molecular formula is C26H20F5NO4. The highest BCUT2D eigenvalue weighted by atomic mass is 19.4. The molecule has 1 amide bonds. The Bertz CT molecular complexity index is 1240. The number of benzene rings is 3. The van der Waals surface area contributed by atoms with E-state index in [2.05, 4.69) is 5.32 Å². The molecule has 0 saturated heterocycles. The van der Waals surface area contributed by atoms with E-state index >= 15 is 0 Å². The van der Waals surface area contributed by atoms with Crippen molar-refractivity contribution < 1.29 is 41.4 Å². The van der Waals surface area contributed by atoms with E-state index in [9.17, 15) is 36.6 Å². The Morgan fingerprint density at radius 1 is 0.944 bits per heavy atom. The van der Waals surface area contributed by atoms with Gasteiger partial charge in [-0.05, 0) is 52.8 Å². The van der Waals surface area contributed by atoms with E-state index in [-0.39, 0.29) is 30.9 Å². The third kappa shape index (κ3) is 5.17. The van der Waals surface area contributed by atoms with Gasteiger partial charge in [-0.25, -0.2) is 18.4 Å². The van der Waals surface area contributed by atoms with Crippen molar-refractivity contribution in [2.24, 2.45) is 0 Å². The molecule has 0 saturated carbocycles. The van der Waals surface area contributed by atoms with Gasteiger partial charge in [0.2, 0.25) is 0 Å². The van der Waals surface area contributed by atoms with Gasteiger partial charge in [-0.15, -0.1) is 0 Å². The second-order valence-corrected chi connectivity index (χ2v) is 8.33. The highest BCUT2D eigenvalue weighted by Crippen LogP contribution is 2.44. The number of carbonyl (C=O) groups excluding carboxylic acids is 1. The summed E-state index contributed by atoms with van der Waals surface area (Å²) in [5.74, 6) is -5.27. The number of amides is 1. The van der Waals surface area contributed by atoms with Crippen molar-refractivity contribution in [3.05, 3.63) is 94.6 Å². The molecule has 1 atom stereocenters. The van der Waals surface area contributed by atoms with Crippen molar-refractivity contribution in [1.82, 2.24) is 5.32 Å². The van der Waals surface area contributed by atoms with Crippen LogP contribution in [0.3, 0.4) is 0 Å². The van der Waals surface area contributed by atoms with Crippen molar-refractivity contribution in [2.75, 3.05) is 6.61 Å². The molecule has 1 unspecified atom stereocenters. The molecule has 2 N–H and O–H groups in total. The van der Waals surface area contributed by atoms with Gasteiger partial charge in [0.25, 0.3) is 0 Å². The summed E-state index contributed by atoms with van der Waals surface area (Å²) in [4.78, 5) is 24.0. The quantitative estimate of drug-likeness (QED) is 0.392. The Hall–Kier alpha value is -3.95. The smallest absolute Gasteiger partial charge is 0.422 e. The summed E-state index contributed by atoms with van der Waals surface area (Å²) < 4.78 is 71.1. The van der Waals surface area contributed by atoms with Crippen molar-refractivity contribution in [1.29, 1.82) is 0 Å². The molecule has 0 bridgehead atoms. The number of ether oxygens (including phenoxy) is 1. The molecule has 4 rings (SSSR count).